The van der Waals surface area contributed by atoms with Crippen molar-refractivity contribution in [1.29, 1.82) is 0 Å². The Morgan fingerprint density at radius 2 is 1.57 bits per heavy atom. The monoisotopic (exact) mass is 629 g/mol. The maximum Gasteiger partial charge on any atom is 0.244 e. The molecule has 3 aromatic carbocycles. The van der Waals surface area contributed by atoms with Gasteiger partial charge < -0.3 is 10.2 Å². The fourth-order valence-corrected chi connectivity index (χ4v) is 6.71. The molecule has 4 rings (SSSR count). The molecule has 0 saturated heterocycles. The zero-order valence-corrected chi connectivity index (χ0v) is 26.3. The molecule has 0 aliphatic heterocycles. The summed E-state index contributed by atoms with van der Waals surface area (Å²) in [5.74, 6) is -0.832. The van der Waals surface area contributed by atoms with E-state index in [9.17, 15) is 18.0 Å². The zero-order chi connectivity index (χ0) is 30.3. The molecule has 2 amide bonds. The maximum absolute atomic E-state index is 14.3. The van der Waals surface area contributed by atoms with Crippen molar-refractivity contribution in [2.24, 2.45) is 0 Å². The third-order valence-electron chi connectivity index (χ3n) is 7.58. The second-order valence-electron chi connectivity index (χ2n) is 10.9. The highest BCUT2D eigenvalue weighted by Gasteiger charge is 2.34. The topological polar surface area (TPSA) is 86.8 Å². The highest BCUT2D eigenvalue weighted by molar-refractivity contribution is 7.92. The average molecular weight is 631 g/mol. The van der Waals surface area contributed by atoms with E-state index >= 15 is 0 Å². The molecule has 0 spiro atoms. The number of carbonyl (C=O) groups is 2. The summed E-state index contributed by atoms with van der Waals surface area (Å²) in [5, 5.41) is 3.89. The number of benzene rings is 3. The van der Waals surface area contributed by atoms with E-state index < -0.39 is 28.5 Å². The molecule has 1 fully saturated rings. The second kappa shape index (κ2) is 14.4. The molecular formula is C32H37Cl2N3O4S. The minimum atomic E-state index is -3.85. The first kappa shape index (κ1) is 31.9. The molecule has 10 heteroatoms. The summed E-state index contributed by atoms with van der Waals surface area (Å²) >= 11 is 13.1. The lowest BCUT2D eigenvalue weighted by Crippen LogP contribution is -2.55. The Labute approximate surface area is 258 Å². The van der Waals surface area contributed by atoms with Gasteiger partial charge in [-0.2, -0.15) is 0 Å². The van der Waals surface area contributed by atoms with Gasteiger partial charge in [-0.1, -0.05) is 91.0 Å². The normalized spacial score (nSPS) is 14.7. The van der Waals surface area contributed by atoms with Gasteiger partial charge in [0.05, 0.1) is 11.9 Å². The van der Waals surface area contributed by atoms with Crippen molar-refractivity contribution in [1.82, 2.24) is 10.2 Å². The van der Waals surface area contributed by atoms with Crippen LogP contribution in [0.15, 0.2) is 72.8 Å². The molecule has 0 bridgehead atoms. The van der Waals surface area contributed by atoms with Crippen LogP contribution in [0.2, 0.25) is 10.0 Å². The van der Waals surface area contributed by atoms with Gasteiger partial charge in [0.1, 0.15) is 12.6 Å². The molecule has 1 atom stereocenters. The Morgan fingerprint density at radius 1 is 0.929 bits per heavy atom. The lowest BCUT2D eigenvalue weighted by atomic mass is 9.94. The number of halogens is 2. The number of amides is 2. The largest absolute Gasteiger partial charge is 0.352 e. The fourth-order valence-electron chi connectivity index (χ4n) is 5.35. The zero-order valence-electron chi connectivity index (χ0n) is 23.9. The number of anilines is 1. The lowest BCUT2D eigenvalue weighted by molar-refractivity contribution is -0.140. The minimum absolute atomic E-state index is 0.0187. The summed E-state index contributed by atoms with van der Waals surface area (Å²) in [7, 11) is -3.85. The third-order valence-corrected chi connectivity index (χ3v) is 9.43. The van der Waals surface area contributed by atoms with Crippen LogP contribution in [0.3, 0.4) is 0 Å². The molecule has 224 valence electrons. The minimum Gasteiger partial charge on any atom is -0.352 e. The Hall–Kier alpha value is -3.07. The number of carbonyl (C=O) groups excluding carboxylic acids is 2. The van der Waals surface area contributed by atoms with Gasteiger partial charge >= 0.3 is 0 Å². The molecule has 7 nitrogen and oxygen atoms in total. The molecule has 0 radical (unpaired) electrons. The molecule has 1 saturated carbocycles. The average Bonchev–Trinajstić information content (AvgIpc) is 2.95. The van der Waals surface area contributed by atoms with Crippen molar-refractivity contribution in [3.63, 3.8) is 0 Å². The van der Waals surface area contributed by atoms with Gasteiger partial charge in [-0.05, 0) is 55.2 Å². The number of nitrogens with zero attached hydrogens (tertiary/aromatic N) is 2. The SMILES string of the molecule is Cc1cccc(N(CC(=O)N(Cc2c(Cl)cccc2Cl)C(Cc2ccccc2)C(=O)NC2CCCCC2)S(C)(=O)=O)c1. The van der Waals surface area contributed by atoms with Gasteiger partial charge in [-0.3, -0.25) is 13.9 Å². The van der Waals surface area contributed by atoms with E-state index in [4.69, 9.17) is 23.2 Å². The summed E-state index contributed by atoms with van der Waals surface area (Å²) < 4.78 is 27.0. The third kappa shape index (κ3) is 8.49. The van der Waals surface area contributed by atoms with Gasteiger partial charge in [-0.15, -0.1) is 0 Å². The van der Waals surface area contributed by atoms with Crippen molar-refractivity contribution in [3.05, 3.63) is 99.5 Å². The quantitative estimate of drug-likeness (QED) is 0.275. The van der Waals surface area contributed by atoms with Gasteiger partial charge in [0.25, 0.3) is 0 Å². The Balaban J connectivity index is 1.76. The summed E-state index contributed by atoms with van der Waals surface area (Å²) in [6, 6.07) is 20.5. The Bertz CT molecular complexity index is 1470. The maximum atomic E-state index is 14.3. The molecule has 3 aromatic rings. The standard InChI is InChI=1S/C32H37Cl2N3O4S/c1-23-11-9-16-26(19-23)37(42(2,40)41)22-31(38)36(21-27-28(33)17-10-18-29(27)34)30(20-24-12-5-3-6-13-24)32(39)35-25-14-7-4-8-15-25/h3,5-6,9-13,16-19,25,30H,4,7-8,14-15,20-22H2,1-2H3,(H,35,39). The van der Waals surface area contributed by atoms with Crippen LogP contribution in [0.5, 0.6) is 0 Å². The van der Waals surface area contributed by atoms with Crippen molar-refractivity contribution in [3.8, 4) is 0 Å². The summed E-state index contributed by atoms with van der Waals surface area (Å²) in [5.41, 5.74) is 2.57. The van der Waals surface area contributed by atoms with Crippen LogP contribution in [0.1, 0.15) is 48.8 Å². The Kier molecular flexibility index (Phi) is 10.9. The number of nitrogens with one attached hydrogen (secondary N) is 1. The fraction of sp³-hybridized carbons (Fsp3) is 0.375. The number of hydrogen-bond acceptors (Lipinski definition) is 4. The van der Waals surface area contributed by atoms with Crippen molar-refractivity contribution >= 4 is 50.7 Å². The first-order valence-electron chi connectivity index (χ1n) is 14.1. The summed E-state index contributed by atoms with van der Waals surface area (Å²) in [6.45, 7) is 1.29. The van der Waals surface area contributed by atoms with Gasteiger partial charge in [0.2, 0.25) is 21.8 Å². The molecule has 1 aliphatic carbocycles. The van der Waals surface area contributed by atoms with E-state index in [1.807, 2.05) is 43.3 Å². The molecular weight excluding hydrogens is 593 g/mol. The lowest BCUT2D eigenvalue weighted by Gasteiger charge is -2.35. The van der Waals surface area contributed by atoms with Crippen LogP contribution < -0.4 is 9.62 Å². The molecule has 0 heterocycles. The van der Waals surface area contributed by atoms with Gasteiger partial charge in [0.15, 0.2) is 0 Å². The van der Waals surface area contributed by atoms with Gasteiger partial charge in [0, 0.05) is 34.6 Å². The van der Waals surface area contributed by atoms with Crippen LogP contribution in [0.4, 0.5) is 5.69 Å². The van der Waals surface area contributed by atoms with Crippen LogP contribution in [-0.2, 0) is 32.6 Å². The van der Waals surface area contributed by atoms with Crippen LogP contribution in [0, 0.1) is 6.92 Å². The van der Waals surface area contributed by atoms with E-state index in [-0.39, 0.29) is 24.9 Å². The van der Waals surface area contributed by atoms with E-state index in [1.165, 1.54) is 4.90 Å². The molecule has 1 unspecified atom stereocenters. The number of hydrogen-bond donors (Lipinski definition) is 1. The van der Waals surface area contributed by atoms with Crippen LogP contribution in [0.25, 0.3) is 0 Å². The summed E-state index contributed by atoms with van der Waals surface area (Å²) in [6.07, 6.45) is 6.26. The first-order valence-corrected chi connectivity index (χ1v) is 16.7. The molecule has 42 heavy (non-hydrogen) atoms. The summed E-state index contributed by atoms with van der Waals surface area (Å²) in [4.78, 5) is 29.7. The van der Waals surface area contributed by atoms with Crippen molar-refractivity contribution in [2.45, 2.75) is 64.1 Å². The van der Waals surface area contributed by atoms with E-state index in [2.05, 4.69) is 5.32 Å². The molecule has 0 aromatic heterocycles. The van der Waals surface area contributed by atoms with E-state index in [1.54, 1.807) is 36.4 Å². The van der Waals surface area contributed by atoms with Crippen molar-refractivity contribution < 1.29 is 18.0 Å². The number of sulfonamides is 1. The molecule has 1 aliphatic rings. The first-order chi connectivity index (χ1) is 20.0. The predicted molar refractivity (Wildman–Crippen MR) is 169 cm³/mol. The van der Waals surface area contributed by atoms with Gasteiger partial charge in [-0.25, -0.2) is 8.42 Å². The number of aryl methyl sites for hydroxylation is 1. The number of rotatable bonds is 11. The van der Waals surface area contributed by atoms with E-state index in [0.29, 0.717) is 21.3 Å². The smallest absolute Gasteiger partial charge is 0.244 e. The Morgan fingerprint density at radius 3 is 2.19 bits per heavy atom. The van der Waals surface area contributed by atoms with E-state index in [0.717, 1.165) is 53.8 Å². The molecule has 1 N–H and O–H groups in total. The van der Waals surface area contributed by atoms with Crippen molar-refractivity contribution in [2.75, 3.05) is 17.1 Å². The highest BCUT2D eigenvalue weighted by Crippen LogP contribution is 2.28. The highest BCUT2D eigenvalue weighted by atomic mass is 35.5. The van der Waals surface area contributed by atoms with Crippen LogP contribution in [-0.4, -0.2) is 50.0 Å². The predicted octanol–water partition coefficient (Wildman–Crippen LogP) is 6.16. The van der Waals surface area contributed by atoms with Crippen LogP contribution >= 0.6 is 23.2 Å². The second-order valence-corrected chi connectivity index (χ2v) is 13.6.